The van der Waals surface area contributed by atoms with Crippen LogP contribution in [0, 0.1) is 0 Å². The zero-order valence-electron chi connectivity index (χ0n) is 7.47. The summed E-state index contributed by atoms with van der Waals surface area (Å²) in [4.78, 5) is 25.6. The molecule has 1 unspecified atom stereocenters. The lowest BCUT2D eigenvalue weighted by Crippen LogP contribution is -2.45. The summed E-state index contributed by atoms with van der Waals surface area (Å²) in [6.07, 6.45) is 0. The lowest BCUT2D eigenvalue weighted by atomic mass is 11.9. The molecule has 0 rings (SSSR count). The van der Waals surface area contributed by atoms with Gasteiger partial charge in [0.15, 0.2) is 0 Å². The standard InChI is InChI=1S/CH14O7Si5/c1-12(8-13(2,3)4)7-11-6-10-5-9/h2-4,12H,10-11H2,1,9H3. The maximum Gasteiger partial charge on any atom is 0.662 e. The Hall–Kier alpha value is 0.804. The van der Waals surface area contributed by atoms with Crippen molar-refractivity contribution in [2.24, 2.45) is 0 Å². The van der Waals surface area contributed by atoms with E-state index in [1.165, 1.54) is 0 Å². The Morgan fingerprint density at radius 3 is 2.38 bits per heavy atom. The highest BCUT2D eigenvalue weighted by Gasteiger charge is 2.33. The van der Waals surface area contributed by atoms with E-state index < -0.39 is 38.3 Å². The van der Waals surface area contributed by atoms with Gasteiger partial charge in [0, 0.05) is 0 Å². The third-order valence-electron chi connectivity index (χ3n) is 0.911. The van der Waals surface area contributed by atoms with Crippen molar-refractivity contribution in [1.82, 2.24) is 0 Å². The predicted molar refractivity (Wildman–Crippen MR) is 56.8 cm³/mol. The van der Waals surface area contributed by atoms with Gasteiger partial charge in [0.1, 0.15) is 10.5 Å². The monoisotopic (exact) mass is 278 g/mol. The topological polar surface area (TPSA) is 97.6 Å². The smallest absolute Gasteiger partial charge is 0.449 e. The van der Waals surface area contributed by atoms with Crippen LogP contribution in [-0.4, -0.2) is 63.2 Å². The fraction of sp³-hybridized carbons (Fsp3) is 1.00. The largest absolute Gasteiger partial charge is 0.662 e. The Bertz CT molecular complexity index is 125. The first-order valence-corrected chi connectivity index (χ1v) is 10.5. The second-order valence-electron chi connectivity index (χ2n) is 2.15. The highest BCUT2D eigenvalue weighted by Crippen LogP contribution is 1.95. The molecule has 0 aliphatic rings. The van der Waals surface area contributed by atoms with Crippen LogP contribution in [0.2, 0.25) is 6.55 Å². The molecule has 0 saturated carbocycles. The van der Waals surface area contributed by atoms with Crippen LogP contribution in [0.25, 0.3) is 0 Å². The van der Waals surface area contributed by atoms with Crippen LogP contribution in [-0.2, 0) is 16.5 Å². The Morgan fingerprint density at radius 2 is 1.92 bits per heavy atom. The zero-order valence-corrected chi connectivity index (χ0v) is 14.4. The van der Waals surface area contributed by atoms with E-state index in [1.807, 2.05) is 0 Å². The molecule has 0 heterocycles. The highest BCUT2D eigenvalue weighted by atomic mass is 28.5. The Balaban J connectivity index is 3.35. The normalized spacial score (nSPS) is 16.6. The molecule has 0 aliphatic heterocycles. The van der Waals surface area contributed by atoms with Crippen molar-refractivity contribution in [2.45, 2.75) is 6.55 Å². The molecule has 0 aromatic carbocycles. The summed E-state index contributed by atoms with van der Waals surface area (Å²) in [6.45, 7) is 1.59. The van der Waals surface area contributed by atoms with Crippen LogP contribution in [0.3, 0.4) is 0 Å². The molecule has 0 saturated heterocycles. The molecule has 0 aliphatic carbocycles. The summed E-state index contributed by atoms with van der Waals surface area (Å²) in [6, 6.07) is 0. The van der Waals surface area contributed by atoms with Crippen molar-refractivity contribution in [2.75, 3.05) is 0 Å². The SMILES string of the molecule is C[SiH](O[SiH2]O[SiH2]O[SiH3])O[Si](O)(O)O. The van der Waals surface area contributed by atoms with Gasteiger partial charge in [-0.05, 0) is 6.55 Å². The van der Waals surface area contributed by atoms with Gasteiger partial charge in [-0.1, -0.05) is 0 Å². The van der Waals surface area contributed by atoms with Gasteiger partial charge in [0.05, 0.1) is 0 Å². The molecule has 0 bridgehead atoms. The summed E-state index contributed by atoms with van der Waals surface area (Å²) >= 11 is 0. The van der Waals surface area contributed by atoms with Crippen molar-refractivity contribution >= 4 is 48.8 Å². The van der Waals surface area contributed by atoms with Gasteiger partial charge in [-0.3, -0.25) is 0 Å². The minimum absolute atomic E-state index is 0.666. The second-order valence-corrected chi connectivity index (χ2v) is 11.1. The zero-order chi connectivity index (χ0) is 10.3. The van der Waals surface area contributed by atoms with Crippen LogP contribution in [0.4, 0.5) is 0 Å². The van der Waals surface area contributed by atoms with Crippen LogP contribution in [0.15, 0.2) is 0 Å². The lowest BCUT2D eigenvalue weighted by molar-refractivity contribution is 0.118. The van der Waals surface area contributed by atoms with Gasteiger partial charge in [0.2, 0.25) is 0 Å². The quantitative estimate of drug-likeness (QED) is 0.316. The van der Waals surface area contributed by atoms with Gasteiger partial charge in [0.25, 0.3) is 20.0 Å². The summed E-state index contributed by atoms with van der Waals surface area (Å²) in [5, 5.41) is 0. The van der Waals surface area contributed by atoms with E-state index in [0.717, 1.165) is 0 Å². The minimum Gasteiger partial charge on any atom is -0.449 e. The van der Waals surface area contributed by atoms with Crippen molar-refractivity contribution in [1.29, 1.82) is 0 Å². The summed E-state index contributed by atoms with van der Waals surface area (Å²) in [5.41, 5.74) is 0. The van der Waals surface area contributed by atoms with Crippen LogP contribution in [0.1, 0.15) is 0 Å². The fourth-order valence-corrected chi connectivity index (χ4v) is 7.64. The van der Waals surface area contributed by atoms with Gasteiger partial charge >= 0.3 is 18.3 Å². The van der Waals surface area contributed by atoms with E-state index in [0.29, 0.717) is 10.5 Å². The molecule has 0 aromatic rings. The van der Waals surface area contributed by atoms with E-state index in [4.69, 9.17) is 26.7 Å². The number of rotatable bonds is 7. The van der Waals surface area contributed by atoms with Crippen LogP contribution < -0.4 is 0 Å². The van der Waals surface area contributed by atoms with Crippen molar-refractivity contribution in [3.05, 3.63) is 0 Å². The summed E-state index contributed by atoms with van der Waals surface area (Å²) in [7, 11) is -7.88. The third-order valence-corrected chi connectivity index (χ3v) is 8.20. The number of hydrogen-bond donors (Lipinski definition) is 3. The molecule has 0 fully saturated rings. The first kappa shape index (κ1) is 13.8. The number of hydrogen-bond acceptors (Lipinski definition) is 7. The molecule has 13 heavy (non-hydrogen) atoms. The molecule has 7 nitrogen and oxygen atoms in total. The molecule has 12 heteroatoms. The maximum absolute atomic E-state index is 8.54. The second kappa shape index (κ2) is 7.14. The lowest BCUT2D eigenvalue weighted by Gasteiger charge is -2.16. The van der Waals surface area contributed by atoms with Gasteiger partial charge in [-0.2, -0.15) is 0 Å². The Kier molecular flexibility index (Phi) is 7.59. The molecule has 1 atom stereocenters. The minimum atomic E-state index is -4.40. The van der Waals surface area contributed by atoms with Crippen molar-refractivity contribution in [3.8, 4) is 0 Å². The van der Waals surface area contributed by atoms with Crippen molar-refractivity contribution in [3.63, 3.8) is 0 Å². The average Bonchev–Trinajstić information content (AvgIpc) is 1.94. The predicted octanol–water partition coefficient (Wildman–Crippen LogP) is -5.41. The fourth-order valence-electron chi connectivity index (χ4n) is 0.518. The van der Waals surface area contributed by atoms with E-state index in [1.54, 1.807) is 6.55 Å². The van der Waals surface area contributed by atoms with E-state index in [9.17, 15) is 0 Å². The molecule has 0 aromatic heterocycles. The summed E-state index contributed by atoms with van der Waals surface area (Å²) < 4.78 is 19.5. The Labute approximate surface area is 86.6 Å². The molecule has 80 valence electrons. The third kappa shape index (κ3) is 10.7. The van der Waals surface area contributed by atoms with Gasteiger partial charge < -0.3 is 30.8 Å². The van der Waals surface area contributed by atoms with Gasteiger partial charge in [-0.25, -0.2) is 0 Å². The molecule has 3 N–H and O–H groups in total. The van der Waals surface area contributed by atoms with E-state index in [2.05, 4.69) is 4.12 Å². The first-order chi connectivity index (χ1) is 5.95. The Morgan fingerprint density at radius 1 is 1.31 bits per heavy atom. The van der Waals surface area contributed by atoms with E-state index >= 15 is 0 Å². The highest BCUT2D eigenvalue weighted by molar-refractivity contribution is 6.63. The maximum atomic E-state index is 8.54. The molecule has 0 amide bonds. The van der Waals surface area contributed by atoms with Gasteiger partial charge in [-0.15, -0.1) is 0 Å². The first-order valence-electron chi connectivity index (χ1n) is 3.49. The van der Waals surface area contributed by atoms with E-state index in [-0.39, 0.29) is 0 Å². The molecular weight excluding hydrogens is 264 g/mol. The molecule has 0 radical (unpaired) electrons. The van der Waals surface area contributed by atoms with Crippen LogP contribution >= 0.6 is 0 Å². The molecular formula is CH14O7Si5. The molecule has 0 spiro atoms. The van der Waals surface area contributed by atoms with Crippen LogP contribution in [0.5, 0.6) is 0 Å². The summed E-state index contributed by atoms with van der Waals surface area (Å²) in [5.74, 6) is 0. The average molecular weight is 279 g/mol. The van der Waals surface area contributed by atoms with Crippen molar-refractivity contribution < 1.29 is 30.8 Å².